The van der Waals surface area contributed by atoms with Gasteiger partial charge in [0.05, 0.1) is 20.4 Å². The molecule has 1 heterocycles. The lowest BCUT2D eigenvalue weighted by atomic mass is 9.90. The highest BCUT2D eigenvalue weighted by molar-refractivity contribution is 5.71. The van der Waals surface area contributed by atoms with Crippen molar-refractivity contribution in [1.29, 1.82) is 0 Å². The van der Waals surface area contributed by atoms with Crippen LogP contribution in [-0.2, 0) is 12.8 Å². The van der Waals surface area contributed by atoms with Crippen LogP contribution in [0.3, 0.4) is 0 Å². The van der Waals surface area contributed by atoms with E-state index in [4.69, 9.17) is 14.0 Å². The summed E-state index contributed by atoms with van der Waals surface area (Å²) in [7, 11) is 3.28. The zero-order chi connectivity index (χ0) is 11.8. The van der Waals surface area contributed by atoms with Gasteiger partial charge in [-0.05, 0) is 30.5 Å². The van der Waals surface area contributed by atoms with Gasteiger partial charge in [0.2, 0.25) is 0 Å². The molecule has 0 saturated heterocycles. The smallest absolute Gasteiger partial charge is 0.170 e. The number of hydrogen-bond acceptors (Lipinski definition) is 4. The van der Waals surface area contributed by atoms with Crippen LogP contribution >= 0.6 is 0 Å². The summed E-state index contributed by atoms with van der Waals surface area (Å²) < 4.78 is 15.9. The zero-order valence-electron chi connectivity index (χ0n) is 9.82. The molecule has 0 atom stereocenters. The van der Waals surface area contributed by atoms with Crippen LogP contribution in [0.2, 0.25) is 0 Å². The summed E-state index contributed by atoms with van der Waals surface area (Å²) in [5, 5.41) is 3.85. The van der Waals surface area contributed by atoms with E-state index in [0.29, 0.717) is 0 Å². The molecule has 88 valence electrons. The fourth-order valence-electron chi connectivity index (χ4n) is 2.27. The Morgan fingerprint density at radius 1 is 1.06 bits per heavy atom. The Balaban J connectivity index is 2.20. The largest absolute Gasteiger partial charge is 0.493 e. The average molecular weight is 231 g/mol. The lowest BCUT2D eigenvalue weighted by molar-refractivity contribution is 0.354. The summed E-state index contributed by atoms with van der Waals surface area (Å²) >= 11 is 0. The van der Waals surface area contributed by atoms with E-state index in [0.717, 1.165) is 41.2 Å². The first-order valence-electron chi connectivity index (χ1n) is 5.52. The van der Waals surface area contributed by atoms with E-state index in [-0.39, 0.29) is 0 Å². The van der Waals surface area contributed by atoms with Crippen molar-refractivity contribution in [3.8, 4) is 22.8 Å². The van der Waals surface area contributed by atoms with Crippen LogP contribution in [-0.4, -0.2) is 19.4 Å². The molecule has 0 amide bonds. The number of ether oxygens (including phenoxy) is 2. The van der Waals surface area contributed by atoms with Gasteiger partial charge in [-0.2, -0.15) is 0 Å². The van der Waals surface area contributed by atoms with E-state index < -0.39 is 0 Å². The van der Waals surface area contributed by atoms with Gasteiger partial charge in [0.25, 0.3) is 0 Å². The zero-order valence-corrected chi connectivity index (χ0v) is 9.82. The van der Waals surface area contributed by atoms with Crippen molar-refractivity contribution >= 4 is 0 Å². The van der Waals surface area contributed by atoms with Crippen molar-refractivity contribution in [2.75, 3.05) is 14.2 Å². The second-order valence-corrected chi connectivity index (χ2v) is 4.04. The molecule has 1 aromatic heterocycles. The molecule has 4 heteroatoms. The quantitative estimate of drug-likeness (QED) is 0.796. The van der Waals surface area contributed by atoms with E-state index in [9.17, 15) is 0 Å². The van der Waals surface area contributed by atoms with E-state index >= 15 is 0 Å². The van der Waals surface area contributed by atoms with Crippen molar-refractivity contribution in [2.45, 2.75) is 12.8 Å². The molecule has 0 unspecified atom stereocenters. The van der Waals surface area contributed by atoms with Crippen molar-refractivity contribution in [1.82, 2.24) is 5.16 Å². The highest BCUT2D eigenvalue weighted by atomic mass is 16.5. The number of fused-ring (bicyclic) bond motifs is 3. The van der Waals surface area contributed by atoms with Gasteiger partial charge >= 0.3 is 0 Å². The number of aryl methyl sites for hydroxylation is 2. The van der Waals surface area contributed by atoms with Crippen LogP contribution < -0.4 is 9.47 Å². The predicted molar refractivity (Wildman–Crippen MR) is 62.5 cm³/mol. The van der Waals surface area contributed by atoms with E-state index in [1.54, 1.807) is 20.4 Å². The molecule has 0 fully saturated rings. The summed E-state index contributed by atoms with van der Waals surface area (Å²) in [6.45, 7) is 0. The fourth-order valence-corrected chi connectivity index (χ4v) is 2.27. The van der Waals surface area contributed by atoms with Gasteiger partial charge in [-0.15, -0.1) is 0 Å². The Hall–Kier alpha value is -1.97. The first-order valence-corrected chi connectivity index (χ1v) is 5.52. The molecule has 1 aromatic carbocycles. The number of aromatic nitrogens is 1. The van der Waals surface area contributed by atoms with Crippen LogP contribution in [0.25, 0.3) is 11.3 Å². The van der Waals surface area contributed by atoms with Crippen LogP contribution in [0, 0.1) is 0 Å². The summed E-state index contributed by atoms with van der Waals surface area (Å²) in [5.41, 5.74) is 3.43. The summed E-state index contributed by atoms with van der Waals surface area (Å²) in [6.07, 6.45) is 3.72. The molecule has 0 aliphatic heterocycles. The minimum absolute atomic E-state index is 0.718. The third-order valence-corrected chi connectivity index (χ3v) is 3.16. The van der Waals surface area contributed by atoms with Crippen LogP contribution in [0.15, 0.2) is 22.9 Å². The molecule has 17 heavy (non-hydrogen) atoms. The van der Waals surface area contributed by atoms with Gasteiger partial charge in [0.1, 0.15) is 0 Å². The number of hydrogen-bond donors (Lipinski definition) is 0. The number of benzene rings is 1. The van der Waals surface area contributed by atoms with Crippen LogP contribution in [0.1, 0.15) is 11.1 Å². The number of rotatable bonds is 2. The average Bonchev–Trinajstić information content (AvgIpc) is 2.85. The lowest BCUT2D eigenvalue weighted by Crippen LogP contribution is -2.03. The van der Waals surface area contributed by atoms with E-state index in [2.05, 4.69) is 5.16 Å². The van der Waals surface area contributed by atoms with Crippen molar-refractivity contribution in [2.24, 2.45) is 0 Å². The van der Waals surface area contributed by atoms with Crippen LogP contribution in [0.4, 0.5) is 0 Å². The molecule has 0 spiro atoms. The SMILES string of the molecule is COc1cc2c(cc1OC)-c1oncc1CC2. The molecule has 4 nitrogen and oxygen atoms in total. The lowest BCUT2D eigenvalue weighted by Gasteiger charge is -2.17. The Labute approximate surface area is 99.1 Å². The van der Waals surface area contributed by atoms with Crippen LogP contribution in [0.5, 0.6) is 11.5 Å². The monoisotopic (exact) mass is 231 g/mol. The third kappa shape index (κ3) is 1.48. The van der Waals surface area contributed by atoms with E-state index in [1.807, 2.05) is 12.1 Å². The van der Waals surface area contributed by atoms with Gasteiger partial charge in [0.15, 0.2) is 17.3 Å². The molecule has 1 aliphatic rings. The molecule has 0 bridgehead atoms. The highest BCUT2D eigenvalue weighted by Crippen LogP contribution is 2.40. The van der Waals surface area contributed by atoms with Gasteiger partial charge in [-0.1, -0.05) is 5.16 Å². The Morgan fingerprint density at radius 3 is 2.53 bits per heavy atom. The van der Waals surface area contributed by atoms with Crippen molar-refractivity contribution < 1.29 is 14.0 Å². The fraction of sp³-hybridized carbons (Fsp3) is 0.308. The van der Waals surface area contributed by atoms with Crippen molar-refractivity contribution in [3.05, 3.63) is 29.5 Å². The standard InChI is InChI=1S/C13H13NO3/c1-15-11-5-8-3-4-9-7-14-17-13(9)10(8)6-12(11)16-2/h5-7H,3-4H2,1-2H3. The van der Waals surface area contributed by atoms with Crippen molar-refractivity contribution in [3.63, 3.8) is 0 Å². The topological polar surface area (TPSA) is 44.5 Å². The van der Waals surface area contributed by atoms with Gasteiger partial charge in [0, 0.05) is 11.1 Å². The minimum Gasteiger partial charge on any atom is -0.493 e. The van der Waals surface area contributed by atoms with Gasteiger partial charge in [-0.3, -0.25) is 0 Å². The van der Waals surface area contributed by atoms with Gasteiger partial charge in [-0.25, -0.2) is 0 Å². The normalized spacial score (nSPS) is 12.8. The Bertz CT molecular complexity index is 560. The molecule has 0 radical (unpaired) electrons. The maximum absolute atomic E-state index is 5.31. The van der Waals surface area contributed by atoms with E-state index in [1.165, 1.54) is 5.56 Å². The predicted octanol–water partition coefficient (Wildman–Crippen LogP) is 2.46. The summed E-state index contributed by atoms with van der Waals surface area (Å²) in [6, 6.07) is 3.97. The van der Waals surface area contributed by atoms with Gasteiger partial charge < -0.3 is 14.0 Å². The number of methoxy groups -OCH3 is 2. The molecular formula is C13H13NO3. The summed E-state index contributed by atoms with van der Waals surface area (Å²) in [5.74, 6) is 2.33. The summed E-state index contributed by atoms with van der Waals surface area (Å²) in [4.78, 5) is 0. The first kappa shape index (κ1) is 10.2. The molecular weight excluding hydrogens is 218 g/mol. The maximum Gasteiger partial charge on any atom is 0.170 e. The Kier molecular flexibility index (Phi) is 2.28. The molecule has 2 aromatic rings. The minimum atomic E-state index is 0.718. The second-order valence-electron chi connectivity index (χ2n) is 4.04. The molecule has 1 aliphatic carbocycles. The third-order valence-electron chi connectivity index (χ3n) is 3.16. The Morgan fingerprint density at radius 2 is 1.76 bits per heavy atom. The number of nitrogens with zero attached hydrogens (tertiary/aromatic N) is 1. The maximum atomic E-state index is 5.31. The highest BCUT2D eigenvalue weighted by Gasteiger charge is 2.22. The first-order chi connectivity index (χ1) is 8.33. The molecule has 0 N–H and O–H groups in total. The molecule has 0 saturated carbocycles. The second kappa shape index (κ2) is 3.80. The molecule has 3 rings (SSSR count).